The molecule has 0 aliphatic carbocycles. The van der Waals surface area contributed by atoms with Crippen LogP contribution in [0, 0.1) is 18.3 Å². The standard InChI is InChI=1S/C25H23ClF2N10O2S/c1-13-7-15(10-29)8-17(24(39)31-14(2)12-41-3)20(13)32-25(40)19-9-16(11-37-35-22(21(27)28)33-36-37)34-38(19)23-18(26)5-4-6-30-23/h4-9,14,21H,11-12H2,1-3H3,(H,31,39)(H,32,40)/t14-/m0/s1. The smallest absolute Gasteiger partial charge is 0.301 e. The number of hydrogen-bond donors (Lipinski definition) is 2. The highest BCUT2D eigenvalue weighted by Crippen LogP contribution is 2.26. The minimum absolute atomic E-state index is 0.0272. The van der Waals surface area contributed by atoms with Gasteiger partial charge in [-0.25, -0.2) is 18.4 Å². The fourth-order valence-electron chi connectivity index (χ4n) is 3.89. The molecule has 0 unspecified atom stereocenters. The van der Waals surface area contributed by atoms with Crippen molar-refractivity contribution in [3.63, 3.8) is 0 Å². The Morgan fingerprint density at radius 2 is 2.00 bits per heavy atom. The molecule has 1 atom stereocenters. The Morgan fingerprint density at radius 1 is 1.22 bits per heavy atom. The Labute approximate surface area is 242 Å². The van der Waals surface area contributed by atoms with E-state index in [1.54, 1.807) is 36.9 Å². The summed E-state index contributed by atoms with van der Waals surface area (Å²) >= 11 is 7.90. The first-order chi connectivity index (χ1) is 19.6. The van der Waals surface area contributed by atoms with E-state index in [0.29, 0.717) is 11.3 Å². The normalized spacial score (nSPS) is 11.8. The maximum atomic E-state index is 13.7. The Balaban J connectivity index is 1.73. The van der Waals surface area contributed by atoms with Crippen molar-refractivity contribution in [3.05, 3.63) is 75.5 Å². The first-order valence-electron chi connectivity index (χ1n) is 12.0. The third-order valence-electron chi connectivity index (χ3n) is 5.64. The number of halogens is 3. The number of carbonyl (C=O) groups excluding carboxylic acids is 2. The van der Waals surface area contributed by atoms with Gasteiger partial charge in [0.2, 0.25) is 5.82 Å². The van der Waals surface area contributed by atoms with Crippen LogP contribution in [-0.4, -0.2) is 64.8 Å². The van der Waals surface area contributed by atoms with E-state index >= 15 is 0 Å². The molecule has 16 heteroatoms. The van der Waals surface area contributed by atoms with E-state index in [0.717, 1.165) is 4.80 Å². The fourth-order valence-corrected chi connectivity index (χ4v) is 4.67. The number of carbonyl (C=O) groups is 2. The highest BCUT2D eigenvalue weighted by Gasteiger charge is 2.24. The molecule has 2 N–H and O–H groups in total. The van der Waals surface area contributed by atoms with Crippen molar-refractivity contribution < 1.29 is 18.4 Å². The van der Waals surface area contributed by atoms with Crippen LogP contribution in [0.3, 0.4) is 0 Å². The highest BCUT2D eigenvalue weighted by molar-refractivity contribution is 7.98. The van der Waals surface area contributed by atoms with Gasteiger partial charge in [-0.05, 0) is 61.2 Å². The number of nitriles is 1. The molecule has 0 aliphatic heterocycles. The van der Waals surface area contributed by atoms with E-state index in [1.807, 2.05) is 19.2 Å². The molecule has 0 fully saturated rings. The van der Waals surface area contributed by atoms with Gasteiger partial charge >= 0.3 is 6.43 Å². The van der Waals surface area contributed by atoms with Crippen LogP contribution >= 0.6 is 23.4 Å². The first kappa shape index (κ1) is 29.6. The summed E-state index contributed by atoms with van der Waals surface area (Å²) in [5, 5.41) is 30.2. The number of thioether (sulfide) groups is 1. The maximum absolute atomic E-state index is 13.7. The van der Waals surface area contributed by atoms with Gasteiger partial charge in [0, 0.05) is 18.0 Å². The number of anilines is 1. The number of alkyl halides is 2. The van der Waals surface area contributed by atoms with Gasteiger partial charge in [-0.15, -0.1) is 10.2 Å². The molecular formula is C25H23ClF2N10O2S. The molecule has 0 saturated carbocycles. The van der Waals surface area contributed by atoms with Crippen LogP contribution in [0.15, 0.2) is 36.5 Å². The van der Waals surface area contributed by atoms with Crippen LogP contribution in [0.1, 0.15) is 56.8 Å². The van der Waals surface area contributed by atoms with Crippen LogP contribution < -0.4 is 10.6 Å². The summed E-state index contributed by atoms with van der Waals surface area (Å²) < 4.78 is 27.0. The second kappa shape index (κ2) is 12.8. The van der Waals surface area contributed by atoms with E-state index in [4.69, 9.17) is 11.6 Å². The molecular weight excluding hydrogens is 578 g/mol. The summed E-state index contributed by atoms with van der Waals surface area (Å²) in [6.07, 6.45) is 0.471. The van der Waals surface area contributed by atoms with Crippen LogP contribution in [0.25, 0.3) is 5.82 Å². The van der Waals surface area contributed by atoms with Crippen LogP contribution in [0.5, 0.6) is 0 Å². The second-order valence-corrected chi connectivity index (χ2v) is 10.1. The molecule has 4 aromatic rings. The van der Waals surface area contributed by atoms with E-state index in [1.165, 1.54) is 23.0 Å². The van der Waals surface area contributed by atoms with Crippen molar-refractivity contribution in [2.75, 3.05) is 17.3 Å². The van der Waals surface area contributed by atoms with E-state index in [2.05, 4.69) is 36.1 Å². The van der Waals surface area contributed by atoms with Crippen LogP contribution in [-0.2, 0) is 6.54 Å². The molecule has 12 nitrogen and oxygen atoms in total. The van der Waals surface area contributed by atoms with Gasteiger partial charge in [-0.3, -0.25) is 9.59 Å². The maximum Gasteiger partial charge on any atom is 0.301 e. The number of aryl methyl sites for hydroxylation is 1. The third kappa shape index (κ3) is 6.84. The lowest BCUT2D eigenvalue weighted by Crippen LogP contribution is -2.35. The van der Waals surface area contributed by atoms with Gasteiger partial charge < -0.3 is 10.6 Å². The quantitative estimate of drug-likeness (QED) is 0.276. The minimum atomic E-state index is -2.90. The van der Waals surface area contributed by atoms with Crippen LogP contribution in [0.2, 0.25) is 5.02 Å². The van der Waals surface area contributed by atoms with E-state index in [-0.39, 0.29) is 51.6 Å². The second-order valence-electron chi connectivity index (χ2n) is 8.83. The number of rotatable bonds is 10. The minimum Gasteiger partial charge on any atom is -0.349 e. The van der Waals surface area contributed by atoms with Gasteiger partial charge in [-0.2, -0.15) is 26.9 Å². The molecule has 3 heterocycles. The van der Waals surface area contributed by atoms with Crippen LogP contribution in [0.4, 0.5) is 14.5 Å². The number of amides is 2. The summed E-state index contributed by atoms with van der Waals surface area (Å²) in [7, 11) is 0. The molecule has 0 saturated heterocycles. The molecule has 0 bridgehead atoms. The molecule has 3 aromatic heterocycles. The number of pyridine rings is 1. The van der Waals surface area contributed by atoms with Crippen molar-refractivity contribution in [1.82, 2.24) is 40.3 Å². The average molecular weight is 601 g/mol. The Hall–Kier alpha value is -4.42. The zero-order valence-corrected chi connectivity index (χ0v) is 23.5. The lowest BCUT2D eigenvalue weighted by atomic mass is 10.0. The highest BCUT2D eigenvalue weighted by atomic mass is 35.5. The number of nitrogens with zero attached hydrogens (tertiary/aromatic N) is 8. The number of nitrogens with one attached hydrogen (secondary N) is 2. The number of tetrazole rings is 1. The van der Waals surface area contributed by atoms with Gasteiger partial charge in [-0.1, -0.05) is 11.6 Å². The largest absolute Gasteiger partial charge is 0.349 e. The summed E-state index contributed by atoms with van der Waals surface area (Å²) in [5.41, 5.74) is 1.23. The predicted molar refractivity (Wildman–Crippen MR) is 147 cm³/mol. The Bertz CT molecular complexity index is 1630. The Kier molecular flexibility index (Phi) is 9.25. The third-order valence-corrected chi connectivity index (χ3v) is 6.77. The predicted octanol–water partition coefficient (Wildman–Crippen LogP) is 3.81. The fraction of sp³-hybridized carbons (Fsp3) is 0.280. The summed E-state index contributed by atoms with van der Waals surface area (Å²) in [6.45, 7) is 3.32. The van der Waals surface area contributed by atoms with E-state index in [9.17, 15) is 23.6 Å². The average Bonchev–Trinajstić information content (AvgIpc) is 3.57. The molecule has 0 aliphatic rings. The van der Waals surface area contributed by atoms with Gasteiger partial charge in [0.05, 0.1) is 33.6 Å². The molecule has 212 valence electrons. The van der Waals surface area contributed by atoms with Crippen molar-refractivity contribution in [1.29, 1.82) is 5.26 Å². The number of aromatic nitrogens is 7. The lowest BCUT2D eigenvalue weighted by Gasteiger charge is -2.17. The summed E-state index contributed by atoms with van der Waals surface area (Å²) in [5.74, 6) is -1.09. The summed E-state index contributed by atoms with van der Waals surface area (Å²) in [4.78, 5) is 32.0. The molecule has 0 spiro atoms. The summed E-state index contributed by atoms with van der Waals surface area (Å²) in [6, 6.07) is 9.36. The molecule has 0 radical (unpaired) electrons. The monoisotopic (exact) mass is 600 g/mol. The SMILES string of the molecule is CSC[C@H](C)NC(=O)c1cc(C#N)cc(C)c1NC(=O)c1cc(Cn2nnc(C(F)F)n2)nn1-c1ncccc1Cl. The Morgan fingerprint density at radius 3 is 2.66 bits per heavy atom. The van der Waals surface area contributed by atoms with E-state index < -0.39 is 24.1 Å². The van der Waals surface area contributed by atoms with Crippen molar-refractivity contribution in [3.8, 4) is 11.9 Å². The topological polar surface area (TPSA) is 156 Å². The van der Waals surface area contributed by atoms with Gasteiger partial charge in [0.15, 0.2) is 5.82 Å². The molecule has 4 rings (SSSR count). The van der Waals surface area contributed by atoms with Crippen molar-refractivity contribution >= 4 is 40.9 Å². The first-order valence-corrected chi connectivity index (χ1v) is 13.8. The zero-order chi connectivity index (χ0) is 29.7. The lowest BCUT2D eigenvalue weighted by molar-refractivity contribution is 0.0944. The van der Waals surface area contributed by atoms with Gasteiger partial charge in [0.25, 0.3) is 11.8 Å². The molecule has 41 heavy (non-hydrogen) atoms. The van der Waals surface area contributed by atoms with Crippen molar-refractivity contribution in [2.24, 2.45) is 0 Å². The number of hydrogen-bond acceptors (Lipinski definition) is 9. The zero-order valence-electron chi connectivity index (χ0n) is 22.0. The molecule has 2 amide bonds. The molecule has 1 aromatic carbocycles. The van der Waals surface area contributed by atoms with Gasteiger partial charge in [0.1, 0.15) is 12.2 Å². The number of benzene rings is 1. The van der Waals surface area contributed by atoms with Crippen molar-refractivity contribution in [2.45, 2.75) is 32.9 Å².